The first-order chi connectivity index (χ1) is 5.70. The number of benzene rings is 1. The van der Waals surface area contributed by atoms with Gasteiger partial charge in [0.15, 0.2) is 5.01 Å². The predicted molar refractivity (Wildman–Crippen MR) is 56.2 cm³/mol. The van der Waals surface area contributed by atoms with Gasteiger partial charge in [0.05, 0.1) is 5.56 Å². The molecule has 0 fully saturated rings. The third kappa shape index (κ3) is 1.17. The maximum atomic E-state index is 11.2. The number of carbonyl (C=O) groups is 1. The molecular formula is C8H4BrIO2. The molecule has 0 radical (unpaired) electrons. The zero-order chi connectivity index (χ0) is 8.72. The second kappa shape index (κ2) is 2.99. The number of hydrogen-bond donors (Lipinski definition) is 0. The minimum Gasteiger partial charge on any atom is -0.442 e. The second-order valence-electron chi connectivity index (χ2n) is 2.42. The van der Waals surface area contributed by atoms with Crippen molar-refractivity contribution in [1.29, 1.82) is 0 Å². The molecule has 1 atom stereocenters. The fraction of sp³-hybridized carbons (Fsp3) is 0.125. The lowest BCUT2D eigenvalue weighted by Gasteiger charge is -2.01. The van der Waals surface area contributed by atoms with E-state index in [0.29, 0.717) is 5.56 Å². The molecule has 0 spiro atoms. The van der Waals surface area contributed by atoms with Crippen molar-refractivity contribution in [2.45, 2.75) is 5.01 Å². The van der Waals surface area contributed by atoms with Gasteiger partial charge in [0.25, 0.3) is 0 Å². The first-order valence-electron chi connectivity index (χ1n) is 3.33. The molecule has 0 bridgehead atoms. The van der Waals surface area contributed by atoms with E-state index in [0.717, 1.165) is 9.13 Å². The van der Waals surface area contributed by atoms with E-state index in [1.54, 1.807) is 6.07 Å². The van der Waals surface area contributed by atoms with Crippen molar-refractivity contribution < 1.29 is 9.53 Å². The van der Waals surface area contributed by atoms with Crippen molar-refractivity contribution in [3.05, 3.63) is 32.9 Å². The number of esters is 1. The summed E-state index contributed by atoms with van der Waals surface area (Å²) in [5, 5.41) is -0.270. The standard InChI is InChI=1S/C8H4BrIO2/c9-7-6-4(8(11)12-7)2-1-3-5(6)10/h1-3,7H. The van der Waals surface area contributed by atoms with Crippen LogP contribution in [0.1, 0.15) is 20.9 Å². The van der Waals surface area contributed by atoms with Gasteiger partial charge in [0.1, 0.15) is 0 Å². The zero-order valence-corrected chi connectivity index (χ0v) is 9.63. The zero-order valence-electron chi connectivity index (χ0n) is 5.88. The average molecular weight is 339 g/mol. The minimum absolute atomic E-state index is 0.245. The lowest BCUT2D eigenvalue weighted by atomic mass is 10.1. The van der Waals surface area contributed by atoms with Gasteiger partial charge in [0, 0.05) is 9.13 Å². The average Bonchev–Trinajstić information content (AvgIpc) is 2.29. The summed E-state index contributed by atoms with van der Waals surface area (Å²) in [6, 6.07) is 5.59. The highest BCUT2D eigenvalue weighted by Crippen LogP contribution is 2.37. The van der Waals surface area contributed by atoms with Crippen molar-refractivity contribution in [2.24, 2.45) is 0 Å². The molecule has 62 valence electrons. The highest BCUT2D eigenvalue weighted by Gasteiger charge is 2.30. The van der Waals surface area contributed by atoms with Crippen LogP contribution in [-0.4, -0.2) is 5.97 Å². The van der Waals surface area contributed by atoms with Crippen LogP contribution in [0.25, 0.3) is 0 Å². The topological polar surface area (TPSA) is 26.3 Å². The third-order valence-corrected chi connectivity index (χ3v) is 3.30. The Morgan fingerprint density at radius 2 is 2.25 bits per heavy atom. The van der Waals surface area contributed by atoms with Gasteiger partial charge in [-0.05, 0) is 50.7 Å². The van der Waals surface area contributed by atoms with Crippen LogP contribution in [0, 0.1) is 3.57 Å². The van der Waals surface area contributed by atoms with Crippen molar-refractivity contribution >= 4 is 44.5 Å². The fourth-order valence-electron chi connectivity index (χ4n) is 1.16. The Balaban J connectivity index is 2.67. The van der Waals surface area contributed by atoms with Crippen LogP contribution in [0.5, 0.6) is 0 Å². The highest BCUT2D eigenvalue weighted by atomic mass is 127. The summed E-state index contributed by atoms with van der Waals surface area (Å²) in [6.07, 6.45) is 0. The van der Waals surface area contributed by atoms with E-state index < -0.39 is 0 Å². The van der Waals surface area contributed by atoms with Gasteiger partial charge in [-0.1, -0.05) is 6.07 Å². The van der Waals surface area contributed by atoms with Crippen LogP contribution in [0.4, 0.5) is 0 Å². The third-order valence-electron chi connectivity index (χ3n) is 1.71. The van der Waals surface area contributed by atoms with E-state index in [2.05, 4.69) is 38.5 Å². The smallest absolute Gasteiger partial charge is 0.340 e. The maximum Gasteiger partial charge on any atom is 0.340 e. The Morgan fingerprint density at radius 1 is 1.50 bits per heavy atom. The van der Waals surface area contributed by atoms with Crippen LogP contribution in [0.3, 0.4) is 0 Å². The van der Waals surface area contributed by atoms with Gasteiger partial charge in [-0.2, -0.15) is 0 Å². The van der Waals surface area contributed by atoms with Gasteiger partial charge in [-0.3, -0.25) is 0 Å². The largest absolute Gasteiger partial charge is 0.442 e. The first kappa shape index (κ1) is 8.50. The Morgan fingerprint density at radius 3 is 2.92 bits per heavy atom. The van der Waals surface area contributed by atoms with E-state index in [9.17, 15) is 4.79 Å². The predicted octanol–water partition coefficient (Wildman–Crippen LogP) is 2.86. The van der Waals surface area contributed by atoms with Crippen molar-refractivity contribution in [2.75, 3.05) is 0 Å². The van der Waals surface area contributed by atoms with Gasteiger partial charge >= 0.3 is 5.97 Å². The number of cyclic esters (lactones) is 1. The van der Waals surface area contributed by atoms with Crippen molar-refractivity contribution in [3.8, 4) is 0 Å². The first-order valence-corrected chi connectivity index (χ1v) is 5.33. The monoisotopic (exact) mass is 338 g/mol. The molecule has 1 aromatic carbocycles. The van der Waals surface area contributed by atoms with Gasteiger partial charge in [-0.25, -0.2) is 4.79 Å². The van der Waals surface area contributed by atoms with E-state index >= 15 is 0 Å². The molecular weight excluding hydrogens is 335 g/mol. The summed E-state index contributed by atoms with van der Waals surface area (Å²) in [6.45, 7) is 0. The summed E-state index contributed by atoms with van der Waals surface area (Å²) < 4.78 is 6.04. The summed E-state index contributed by atoms with van der Waals surface area (Å²) >= 11 is 5.47. The summed E-state index contributed by atoms with van der Waals surface area (Å²) in [5.41, 5.74) is 1.62. The number of ether oxygens (including phenoxy) is 1. The number of carbonyl (C=O) groups excluding carboxylic acids is 1. The van der Waals surface area contributed by atoms with Gasteiger partial charge < -0.3 is 4.74 Å². The molecule has 1 aliphatic rings. The second-order valence-corrected chi connectivity index (χ2v) is 4.42. The Bertz CT molecular complexity index is 351. The minimum atomic E-state index is -0.270. The SMILES string of the molecule is O=C1OC(Br)c2c(I)cccc21. The van der Waals surface area contributed by atoms with E-state index in [1.165, 1.54) is 0 Å². The molecule has 0 amide bonds. The number of halogens is 2. The van der Waals surface area contributed by atoms with Crippen LogP contribution >= 0.6 is 38.5 Å². The van der Waals surface area contributed by atoms with Crippen molar-refractivity contribution in [3.63, 3.8) is 0 Å². The van der Waals surface area contributed by atoms with E-state index in [-0.39, 0.29) is 11.0 Å². The molecule has 4 heteroatoms. The van der Waals surface area contributed by atoms with Crippen LogP contribution in [0.2, 0.25) is 0 Å². The highest BCUT2D eigenvalue weighted by molar-refractivity contribution is 14.1. The van der Waals surface area contributed by atoms with Crippen molar-refractivity contribution in [1.82, 2.24) is 0 Å². The molecule has 0 saturated carbocycles. The van der Waals surface area contributed by atoms with Crippen LogP contribution in [0.15, 0.2) is 18.2 Å². The van der Waals surface area contributed by atoms with Gasteiger partial charge in [-0.15, -0.1) is 0 Å². The lowest BCUT2D eigenvalue weighted by molar-refractivity contribution is 0.0530. The molecule has 12 heavy (non-hydrogen) atoms. The molecule has 2 nitrogen and oxygen atoms in total. The molecule has 1 unspecified atom stereocenters. The number of alkyl halides is 1. The molecule has 0 N–H and O–H groups in total. The molecule has 2 rings (SSSR count). The Kier molecular flexibility index (Phi) is 2.12. The number of fused-ring (bicyclic) bond motifs is 1. The number of rotatable bonds is 0. The molecule has 0 saturated heterocycles. The summed E-state index contributed by atoms with van der Waals surface area (Å²) in [7, 11) is 0. The van der Waals surface area contributed by atoms with E-state index in [1.807, 2.05) is 12.1 Å². The quantitative estimate of drug-likeness (QED) is 0.413. The van der Waals surface area contributed by atoms with E-state index in [4.69, 9.17) is 4.74 Å². The number of hydrogen-bond acceptors (Lipinski definition) is 2. The van der Waals surface area contributed by atoms with Gasteiger partial charge in [0.2, 0.25) is 0 Å². The van der Waals surface area contributed by atoms with Crippen LogP contribution in [-0.2, 0) is 4.74 Å². The maximum absolute atomic E-state index is 11.2. The molecule has 0 aromatic heterocycles. The van der Waals surface area contributed by atoms with Crippen LogP contribution < -0.4 is 0 Å². The molecule has 1 heterocycles. The molecule has 1 aliphatic heterocycles. The normalized spacial score (nSPS) is 20.5. The Labute approximate surface area is 91.6 Å². The summed E-state index contributed by atoms with van der Waals surface area (Å²) in [5.74, 6) is -0.245. The fourth-order valence-corrected chi connectivity index (χ4v) is 3.03. The molecule has 0 aliphatic carbocycles. The lowest BCUT2D eigenvalue weighted by Crippen LogP contribution is -1.93. The summed E-state index contributed by atoms with van der Waals surface area (Å²) in [4.78, 5) is 11.2. The Hall–Kier alpha value is -0.100. The molecule has 1 aromatic rings.